The van der Waals surface area contributed by atoms with E-state index >= 15 is 0 Å². The monoisotopic (exact) mass is 515 g/mol. The number of aromatic nitrogens is 4. The Bertz CT molecular complexity index is 1720. The molecule has 0 atom stereocenters. The minimum atomic E-state index is -1.03. The molecule has 0 fully saturated rings. The fraction of sp³-hybridized carbons (Fsp3) is 0.194. The number of nitrogens with zero attached hydrogens (tertiary/aromatic N) is 5. The van der Waals surface area contributed by atoms with Gasteiger partial charge in [0.2, 0.25) is 0 Å². The predicted octanol–water partition coefficient (Wildman–Crippen LogP) is 5.40. The third-order valence-electron chi connectivity index (χ3n) is 6.63. The Hall–Kier alpha value is -4.87. The van der Waals surface area contributed by atoms with Crippen LogP contribution in [-0.4, -0.2) is 31.6 Å². The summed E-state index contributed by atoms with van der Waals surface area (Å²) in [5.41, 5.74) is 12.0. The Morgan fingerprint density at radius 1 is 0.974 bits per heavy atom. The summed E-state index contributed by atoms with van der Waals surface area (Å²) in [5, 5.41) is 24.2. The summed E-state index contributed by atoms with van der Waals surface area (Å²) in [5.74, 6) is 0.988. The molecule has 194 valence electrons. The predicted molar refractivity (Wildman–Crippen MR) is 154 cm³/mol. The number of nitrogens with two attached hydrogens (primary N) is 1. The van der Waals surface area contributed by atoms with Crippen LogP contribution in [0, 0.1) is 18.3 Å². The fourth-order valence-corrected chi connectivity index (χ4v) is 4.48. The van der Waals surface area contributed by atoms with E-state index in [1.165, 1.54) is 0 Å². The first-order valence-electron chi connectivity index (χ1n) is 12.7. The van der Waals surface area contributed by atoms with Crippen LogP contribution in [0.15, 0.2) is 72.9 Å². The van der Waals surface area contributed by atoms with Gasteiger partial charge in [-0.2, -0.15) is 5.26 Å². The van der Waals surface area contributed by atoms with Crippen LogP contribution in [0.3, 0.4) is 0 Å². The minimum absolute atomic E-state index is 0.331. The number of nitrogens with one attached hydrogen (secondary N) is 1. The molecule has 0 aliphatic rings. The smallest absolute Gasteiger partial charge is 0.146 e. The summed E-state index contributed by atoms with van der Waals surface area (Å²) in [7, 11) is 0. The van der Waals surface area contributed by atoms with Gasteiger partial charge in [0.15, 0.2) is 0 Å². The Kier molecular flexibility index (Phi) is 6.92. The lowest BCUT2D eigenvalue weighted by atomic mass is 9.96. The van der Waals surface area contributed by atoms with Crippen LogP contribution in [-0.2, 0) is 12.0 Å². The quantitative estimate of drug-likeness (QED) is 0.262. The maximum atomic E-state index is 10.3. The van der Waals surface area contributed by atoms with Crippen molar-refractivity contribution in [3.05, 3.63) is 95.4 Å². The molecule has 0 unspecified atom stereocenters. The number of nitriles is 1. The lowest BCUT2D eigenvalue weighted by Crippen LogP contribution is -2.18. The molecule has 0 spiro atoms. The van der Waals surface area contributed by atoms with Crippen LogP contribution in [0.5, 0.6) is 0 Å². The third-order valence-corrected chi connectivity index (χ3v) is 6.63. The summed E-state index contributed by atoms with van der Waals surface area (Å²) < 4.78 is 0. The maximum absolute atomic E-state index is 10.3. The van der Waals surface area contributed by atoms with Gasteiger partial charge in [-0.3, -0.25) is 4.98 Å². The first-order valence-corrected chi connectivity index (χ1v) is 12.7. The van der Waals surface area contributed by atoms with E-state index in [1.54, 1.807) is 32.2 Å². The van der Waals surface area contributed by atoms with Crippen molar-refractivity contribution in [2.75, 3.05) is 17.6 Å². The van der Waals surface area contributed by atoms with Gasteiger partial charge in [-0.05, 0) is 62.7 Å². The second-order valence-electron chi connectivity index (χ2n) is 9.90. The highest BCUT2D eigenvalue weighted by atomic mass is 16.3. The van der Waals surface area contributed by atoms with Crippen molar-refractivity contribution >= 4 is 22.5 Å². The average Bonchev–Trinajstić information content (AvgIpc) is 2.93. The van der Waals surface area contributed by atoms with Gasteiger partial charge in [0.25, 0.3) is 0 Å². The Balaban J connectivity index is 1.54. The van der Waals surface area contributed by atoms with Gasteiger partial charge >= 0.3 is 0 Å². The van der Waals surface area contributed by atoms with E-state index in [1.807, 2.05) is 61.5 Å². The molecule has 4 N–H and O–H groups in total. The van der Waals surface area contributed by atoms with E-state index in [4.69, 9.17) is 15.7 Å². The van der Waals surface area contributed by atoms with Crippen molar-refractivity contribution in [2.45, 2.75) is 32.8 Å². The summed E-state index contributed by atoms with van der Waals surface area (Å²) in [6, 6.07) is 23.2. The van der Waals surface area contributed by atoms with Crippen molar-refractivity contribution in [2.24, 2.45) is 0 Å². The largest absolute Gasteiger partial charge is 0.384 e. The average molecular weight is 516 g/mol. The zero-order valence-corrected chi connectivity index (χ0v) is 22.1. The molecular formula is C31H29N7O. The SMILES string of the molecule is Cc1c(C#N)cccc1-c1nc(N)c(CCNc2cccc(C(C)(C)O)n2)nc1-c1ccc2ncccc2c1. The van der Waals surface area contributed by atoms with Gasteiger partial charge < -0.3 is 16.2 Å². The molecule has 0 radical (unpaired) electrons. The molecule has 39 heavy (non-hydrogen) atoms. The molecule has 3 heterocycles. The van der Waals surface area contributed by atoms with Crippen molar-refractivity contribution in [1.29, 1.82) is 5.26 Å². The van der Waals surface area contributed by atoms with Crippen molar-refractivity contribution < 1.29 is 5.11 Å². The molecule has 8 nitrogen and oxygen atoms in total. The molecule has 3 aromatic heterocycles. The molecule has 8 heteroatoms. The number of rotatable bonds is 7. The fourth-order valence-electron chi connectivity index (χ4n) is 4.48. The molecule has 5 rings (SSSR count). The zero-order chi connectivity index (χ0) is 27.6. The zero-order valence-electron chi connectivity index (χ0n) is 22.1. The lowest BCUT2D eigenvalue weighted by Gasteiger charge is -2.18. The number of aliphatic hydroxyl groups is 1. The standard InChI is InChI=1S/C31H29N7O/c1-19-22(18-32)7-4-9-23(19)29-28(21-12-13-24-20(17-21)8-6-15-34-24)36-25(30(33)38-29)14-16-35-27-11-5-10-26(37-27)31(2,3)39/h4-13,15,17,39H,14,16H2,1-3H3,(H2,33,38)(H,35,37). The first kappa shape index (κ1) is 25.8. The number of anilines is 2. The van der Waals surface area contributed by atoms with Crippen LogP contribution in [0.4, 0.5) is 11.6 Å². The van der Waals surface area contributed by atoms with Gasteiger partial charge in [-0.25, -0.2) is 15.0 Å². The highest BCUT2D eigenvalue weighted by Gasteiger charge is 2.20. The van der Waals surface area contributed by atoms with E-state index in [0.717, 1.165) is 27.6 Å². The normalized spacial score (nSPS) is 11.4. The number of fused-ring (bicyclic) bond motifs is 1. The molecule has 0 amide bonds. The molecule has 2 aromatic carbocycles. The molecule has 0 bridgehead atoms. The van der Waals surface area contributed by atoms with Crippen molar-refractivity contribution in [1.82, 2.24) is 19.9 Å². The number of nitrogen functional groups attached to an aromatic ring is 1. The molecule has 0 aliphatic carbocycles. The number of pyridine rings is 2. The highest BCUT2D eigenvalue weighted by molar-refractivity contribution is 5.88. The van der Waals surface area contributed by atoms with Gasteiger partial charge in [0.1, 0.15) is 17.2 Å². The third kappa shape index (κ3) is 5.40. The van der Waals surface area contributed by atoms with Crippen LogP contribution >= 0.6 is 0 Å². The summed E-state index contributed by atoms with van der Waals surface area (Å²) in [4.78, 5) is 18.8. The van der Waals surface area contributed by atoms with Crippen LogP contribution in [0.1, 0.15) is 36.4 Å². The van der Waals surface area contributed by atoms with Crippen LogP contribution < -0.4 is 11.1 Å². The molecule has 5 aromatic rings. The van der Waals surface area contributed by atoms with Gasteiger partial charge in [-0.1, -0.05) is 30.3 Å². The van der Waals surface area contributed by atoms with Crippen LogP contribution in [0.25, 0.3) is 33.4 Å². The van der Waals surface area contributed by atoms with Crippen molar-refractivity contribution in [3.63, 3.8) is 0 Å². The van der Waals surface area contributed by atoms with E-state index < -0.39 is 5.60 Å². The number of hydrogen-bond acceptors (Lipinski definition) is 8. The topological polar surface area (TPSA) is 134 Å². The van der Waals surface area contributed by atoms with Crippen LogP contribution in [0.2, 0.25) is 0 Å². The summed E-state index contributed by atoms with van der Waals surface area (Å²) in [6.45, 7) is 5.84. The molecule has 0 saturated heterocycles. The lowest BCUT2D eigenvalue weighted by molar-refractivity contribution is 0.0740. The summed E-state index contributed by atoms with van der Waals surface area (Å²) in [6.07, 6.45) is 2.28. The van der Waals surface area contributed by atoms with Gasteiger partial charge in [0.05, 0.1) is 39.9 Å². The second-order valence-corrected chi connectivity index (χ2v) is 9.90. The highest BCUT2D eigenvalue weighted by Crippen LogP contribution is 2.34. The van der Waals surface area contributed by atoms with Crippen molar-refractivity contribution in [3.8, 4) is 28.6 Å². The van der Waals surface area contributed by atoms with Gasteiger partial charge in [-0.15, -0.1) is 0 Å². The summed E-state index contributed by atoms with van der Waals surface area (Å²) >= 11 is 0. The first-order chi connectivity index (χ1) is 18.7. The Labute approximate surface area is 227 Å². The van der Waals surface area contributed by atoms with Gasteiger partial charge in [0, 0.05) is 35.7 Å². The Morgan fingerprint density at radius 2 is 1.79 bits per heavy atom. The van der Waals surface area contributed by atoms with E-state index in [0.29, 0.717) is 52.9 Å². The van der Waals surface area contributed by atoms with E-state index in [9.17, 15) is 10.4 Å². The maximum Gasteiger partial charge on any atom is 0.146 e. The Morgan fingerprint density at radius 3 is 2.59 bits per heavy atom. The van der Waals surface area contributed by atoms with E-state index in [-0.39, 0.29) is 0 Å². The number of hydrogen-bond donors (Lipinski definition) is 3. The second kappa shape index (κ2) is 10.5. The molecule has 0 saturated carbocycles. The molecular weight excluding hydrogens is 486 g/mol. The minimum Gasteiger partial charge on any atom is -0.384 e. The molecule has 0 aliphatic heterocycles. The van der Waals surface area contributed by atoms with E-state index in [2.05, 4.69) is 21.4 Å². The number of benzene rings is 2.